The van der Waals surface area contributed by atoms with Gasteiger partial charge in [-0.05, 0) is 25.8 Å². The first-order chi connectivity index (χ1) is 14.3. The van der Waals surface area contributed by atoms with Gasteiger partial charge in [-0.1, -0.05) is 11.8 Å². The molecule has 1 aliphatic heterocycles. The summed E-state index contributed by atoms with van der Waals surface area (Å²) in [4.78, 5) is 6.91. The van der Waals surface area contributed by atoms with Crippen molar-refractivity contribution in [1.82, 2.24) is 15.2 Å². The summed E-state index contributed by atoms with van der Waals surface area (Å²) in [6.07, 6.45) is 5.62. The fourth-order valence-corrected chi connectivity index (χ4v) is 4.59. The smallest absolute Gasteiger partial charge is 0.144 e. The first-order valence-electron chi connectivity index (χ1n) is 9.76. The second-order valence-corrected chi connectivity index (χ2v) is 10.2. The van der Waals surface area contributed by atoms with Crippen molar-refractivity contribution in [1.29, 1.82) is 10.2 Å². The van der Waals surface area contributed by atoms with Crippen LogP contribution in [0, 0.1) is 22.0 Å². The lowest BCUT2D eigenvalue weighted by molar-refractivity contribution is 0.0985. The summed E-state index contributed by atoms with van der Waals surface area (Å²) in [6.45, 7) is 4.00. The van der Waals surface area contributed by atoms with Gasteiger partial charge in [-0.15, -0.1) is 0 Å². The first kappa shape index (κ1) is 20.4. The van der Waals surface area contributed by atoms with Gasteiger partial charge in [0.05, 0.1) is 40.7 Å². The van der Waals surface area contributed by atoms with E-state index in [1.54, 1.807) is 12.3 Å². The monoisotopic (exact) mass is 427 g/mol. The summed E-state index contributed by atoms with van der Waals surface area (Å²) in [7, 11) is -2.77. The SMILES string of the molecule is C[C@@H]1COCCN1c1cc(C#CC2(S(C)(=N)=O)CC2)c(C=N)c(Nc2ccn[nH]2)n1. The Labute approximate surface area is 176 Å². The maximum atomic E-state index is 12.3. The van der Waals surface area contributed by atoms with Gasteiger partial charge in [-0.3, -0.25) is 9.88 Å². The molecule has 1 saturated heterocycles. The molecular formula is C20H25N7O2S. The summed E-state index contributed by atoms with van der Waals surface area (Å²) < 4.78 is 25.1. The molecule has 2 aliphatic rings. The fraction of sp³-hybridized carbons (Fsp3) is 0.450. The maximum Gasteiger partial charge on any atom is 0.144 e. The summed E-state index contributed by atoms with van der Waals surface area (Å²) in [6, 6.07) is 3.79. The maximum absolute atomic E-state index is 12.3. The number of hydrogen-bond acceptors (Lipinski definition) is 8. The van der Waals surface area contributed by atoms with Crippen LogP contribution in [-0.4, -0.2) is 62.4 Å². The van der Waals surface area contributed by atoms with Crippen LogP contribution >= 0.6 is 0 Å². The molecule has 2 aromatic heterocycles. The predicted molar refractivity (Wildman–Crippen MR) is 117 cm³/mol. The molecule has 2 atom stereocenters. The molecule has 0 radical (unpaired) electrons. The molecule has 3 heterocycles. The third kappa shape index (κ3) is 3.91. The number of nitrogens with zero attached hydrogens (tertiary/aromatic N) is 3. The van der Waals surface area contributed by atoms with E-state index in [4.69, 9.17) is 19.9 Å². The van der Waals surface area contributed by atoms with Crippen LogP contribution in [0.1, 0.15) is 30.9 Å². The lowest BCUT2D eigenvalue weighted by atomic mass is 10.1. The highest BCUT2D eigenvalue weighted by atomic mass is 32.2. The van der Waals surface area contributed by atoms with E-state index in [9.17, 15) is 4.21 Å². The molecule has 4 N–H and O–H groups in total. The van der Waals surface area contributed by atoms with Gasteiger partial charge in [0.15, 0.2) is 0 Å². The van der Waals surface area contributed by atoms with Crippen molar-refractivity contribution in [3.8, 4) is 11.8 Å². The summed E-state index contributed by atoms with van der Waals surface area (Å²) in [5.74, 6) is 8.09. The lowest BCUT2D eigenvalue weighted by Crippen LogP contribution is -2.44. The van der Waals surface area contributed by atoms with E-state index < -0.39 is 14.5 Å². The van der Waals surface area contributed by atoms with Gasteiger partial charge in [-0.2, -0.15) is 5.10 Å². The van der Waals surface area contributed by atoms with Crippen LogP contribution < -0.4 is 10.2 Å². The van der Waals surface area contributed by atoms with Gasteiger partial charge in [0.2, 0.25) is 0 Å². The standard InChI is InChI=1S/C20H25N7O2S/c1-14-13-29-10-9-27(14)18-11-15(3-5-20(6-7-20)30(2,22)28)16(12-21)19(25-18)24-17-4-8-23-26-17/h4,8,11-12,14,21-22H,6-7,9-10,13H2,1-2H3,(H2,23,24,25,26)/t14-,30?/m1/s1. The van der Waals surface area contributed by atoms with Crippen LogP contribution in [0.3, 0.4) is 0 Å². The zero-order valence-electron chi connectivity index (χ0n) is 17.0. The molecule has 158 valence electrons. The largest absolute Gasteiger partial charge is 0.377 e. The average molecular weight is 428 g/mol. The predicted octanol–water partition coefficient (Wildman–Crippen LogP) is 2.33. The van der Waals surface area contributed by atoms with E-state index in [0.717, 1.165) is 5.82 Å². The van der Waals surface area contributed by atoms with Gasteiger partial charge < -0.3 is 20.4 Å². The van der Waals surface area contributed by atoms with Gasteiger partial charge in [0, 0.05) is 30.6 Å². The summed E-state index contributed by atoms with van der Waals surface area (Å²) in [5.41, 5.74) is 1.15. The van der Waals surface area contributed by atoms with Crippen molar-refractivity contribution in [2.75, 3.05) is 36.2 Å². The quantitative estimate of drug-likeness (QED) is 0.428. The Bertz CT molecular complexity index is 1110. The van der Waals surface area contributed by atoms with Gasteiger partial charge in [0.1, 0.15) is 22.2 Å². The number of aromatic amines is 1. The molecule has 0 bridgehead atoms. The third-order valence-corrected chi connectivity index (χ3v) is 7.48. The van der Waals surface area contributed by atoms with E-state index in [0.29, 0.717) is 55.4 Å². The molecule has 0 aromatic carbocycles. The highest BCUT2D eigenvalue weighted by Crippen LogP contribution is 2.43. The number of H-pyrrole nitrogens is 1. The number of aromatic nitrogens is 3. The second kappa shape index (κ2) is 7.74. The van der Waals surface area contributed by atoms with Crippen LogP contribution in [0.5, 0.6) is 0 Å². The number of pyridine rings is 1. The summed E-state index contributed by atoms with van der Waals surface area (Å²) >= 11 is 0. The molecule has 4 rings (SSSR count). The molecule has 0 amide bonds. The van der Waals surface area contributed by atoms with E-state index in [1.807, 2.05) is 6.07 Å². The Morgan fingerprint density at radius 1 is 1.50 bits per heavy atom. The van der Waals surface area contributed by atoms with Crippen molar-refractivity contribution < 1.29 is 8.95 Å². The van der Waals surface area contributed by atoms with Crippen LogP contribution in [0.2, 0.25) is 0 Å². The molecule has 30 heavy (non-hydrogen) atoms. The molecule has 1 saturated carbocycles. The average Bonchev–Trinajstić information content (AvgIpc) is 3.35. The number of rotatable bonds is 5. The number of hydrogen-bond donors (Lipinski definition) is 4. The Morgan fingerprint density at radius 2 is 2.30 bits per heavy atom. The molecule has 1 unspecified atom stereocenters. The van der Waals surface area contributed by atoms with Crippen molar-refractivity contribution >= 4 is 33.4 Å². The number of ether oxygens (including phenoxy) is 1. The third-order valence-electron chi connectivity index (χ3n) is 5.48. The van der Waals surface area contributed by atoms with E-state index >= 15 is 0 Å². The fourth-order valence-electron chi connectivity index (χ4n) is 3.46. The molecule has 2 fully saturated rings. The minimum absolute atomic E-state index is 0.148. The van der Waals surface area contributed by atoms with E-state index in [1.165, 1.54) is 12.5 Å². The Morgan fingerprint density at radius 3 is 2.90 bits per heavy atom. The van der Waals surface area contributed by atoms with Crippen molar-refractivity contribution in [3.63, 3.8) is 0 Å². The lowest BCUT2D eigenvalue weighted by Gasteiger charge is -2.34. The van der Waals surface area contributed by atoms with Gasteiger partial charge in [-0.25, -0.2) is 9.19 Å². The van der Waals surface area contributed by atoms with Crippen LogP contribution in [-0.2, 0) is 14.5 Å². The first-order valence-corrected chi connectivity index (χ1v) is 11.7. The Kier molecular flexibility index (Phi) is 5.26. The molecule has 0 spiro atoms. The zero-order chi connectivity index (χ0) is 21.4. The van der Waals surface area contributed by atoms with Crippen LogP contribution in [0.15, 0.2) is 18.3 Å². The zero-order valence-corrected chi connectivity index (χ0v) is 17.8. The normalized spacial score (nSPS) is 21.8. The number of anilines is 3. The van der Waals surface area contributed by atoms with Crippen LogP contribution in [0.4, 0.5) is 17.5 Å². The molecule has 1 aliphatic carbocycles. The number of nitrogens with one attached hydrogen (secondary N) is 4. The summed E-state index contributed by atoms with van der Waals surface area (Å²) in [5, 5.41) is 17.9. The minimum atomic E-state index is -2.77. The highest BCUT2D eigenvalue weighted by Gasteiger charge is 2.48. The van der Waals surface area contributed by atoms with Crippen molar-refractivity contribution in [2.24, 2.45) is 0 Å². The number of morpholine rings is 1. The van der Waals surface area contributed by atoms with E-state index in [2.05, 4.69) is 39.2 Å². The molecular weight excluding hydrogens is 402 g/mol. The van der Waals surface area contributed by atoms with Crippen molar-refractivity contribution in [2.45, 2.75) is 30.6 Å². The van der Waals surface area contributed by atoms with Crippen molar-refractivity contribution in [3.05, 3.63) is 29.5 Å². The molecule has 9 nitrogen and oxygen atoms in total. The van der Waals surface area contributed by atoms with E-state index in [-0.39, 0.29) is 6.04 Å². The molecule has 10 heteroatoms. The second-order valence-electron chi connectivity index (χ2n) is 7.74. The Hall–Kier alpha value is -2.90. The van der Waals surface area contributed by atoms with Gasteiger partial charge >= 0.3 is 0 Å². The van der Waals surface area contributed by atoms with Crippen LogP contribution in [0.25, 0.3) is 0 Å². The highest BCUT2D eigenvalue weighted by molar-refractivity contribution is 7.93. The minimum Gasteiger partial charge on any atom is -0.377 e. The topological polar surface area (TPSA) is 131 Å². The van der Waals surface area contributed by atoms with Gasteiger partial charge in [0.25, 0.3) is 0 Å². The molecule has 2 aromatic rings. The Balaban J connectivity index is 1.81.